The van der Waals surface area contributed by atoms with Crippen LogP contribution < -0.4 is 5.32 Å². The average Bonchev–Trinajstić information content (AvgIpc) is 3.01. The van der Waals surface area contributed by atoms with Crippen LogP contribution in [0.3, 0.4) is 0 Å². The van der Waals surface area contributed by atoms with Crippen LogP contribution in [0.25, 0.3) is 10.9 Å². The lowest BCUT2D eigenvalue weighted by molar-refractivity contribution is 0.597. The van der Waals surface area contributed by atoms with E-state index in [1.165, 1.54) is 0 Å². The van der Waals surface area contributed by atoms with E-state index in [0.29, 0.717) is 21.7 Å². The van der Waals surface area contributed by atoms with Crippen LogP contribution in [0, 0.1) is 0 Å². The third kappa shape index (κ3) is 2.96. The molecule has 4 nitrogen and oxygen atoms in total. The topological polar surface area (TPSA) is 62.0 Å². The second-order valence-corrected chi connectivity index (χ2v) is 8.15. The first-order chi connectivity index (χ1) is 12.6. The van der Waals surface area contributed by atoms with Gasteiger partial charge in [-0.3, -0.25) is 0 Å². The second-order valence-electron chi connectivity index (χ2n) is 5.83. The third-order valence-electron chi connectivity index (χ3n) is 4.08. The Morgan fingerprint density at radius 3 is 2.19 bits per heavy atom. The molecule has 0 aliphatic heterocycles. The summed E-state index contributed by atoms with van der Waals surface area (Å²) in [5.41, 5.74) is 1.48. The highest BCUT2D eigenvalue weighted by molar-refractivity contribution is 7.92. The lowest BCUT2D eigenvalue weighted by Crippen LogP contribution is -2.04. The normalized spacial score (nSPS) is 11.6. The molecule has 2 N–H and O–H groups in total. The molecule has 4 aromatic rings. The highest BCUT2D eigenvalue weighted by atomic mass is 35.5. The Hall–Kier alpha value is -2.76. The van der Waals surface area contributed by atoms with Crippen molar-refractivity contribution in [3.63, 3.8) is 0 Å². The summed E-state index contributed by atoms with van der Waals surface area (Å²) in [4.78, 5) is 3.59. The molecule has 0 spiro atoms. The molecule has 4 rings (SSSR count). The molecule has 3 aromatic carbocycles. The molecule has 6 heteroatoms. The first-order valence-electron chi connectivity index (χ1n) is 7.99. The van der Waals surface area contributed by atoms with Crippen molar-refractivity contribution in [1.82, 2.24) is 4.98 Å². The number of hydrogen-bond donors (Lipinski definition) is 2. The van der Waals surface area contributed by atoms with Gasteiger partial charge in [0.05, 0.1) is 4.90 Å². The summed E-state index contributed by atoms with van der Waals surface area (Å²) in [6.45, 7) is 0. The maximum Gasteiger partial charge on any atom is 0.210 e. The molecule has 26 heavy (non-hydrogen) atoms. The molecule has 0 atom stereocenters. The van der Waals surface area contributed by atoms with Crippen LogP contribution in [0.5, 0.6) is 0 Å². The van der Waals surface area contributed by atoms with Crippen molar-refractivity contribution in [2.24, 2.45) is 0 Å². The van der Waals surface area contributed by atoms with E-state index < -0.39 is 9.84 Å². The molecule has 1 aromatic heterocycles. The molecular formula is C20H15ClN2O2S. The van der Waals surface area contributed by atoms with Gasteiger partial charge in [0, 0.05) is 21.6 Å². The fraction of sp³-hybridized carbons (Fsp3) is 0. The van der Waals surface area contributed by atoms with E-state index in [1.807, 2.05) is 30.3 Å². The van der Waals surface area contributed by atoms with Crippen molar-refractivity contribution in [3.8, 4) is 0 Å². The monoisotopic (exact) mass is 382 g/mol. The predicted molar refractivity (Wildman–Crippen MR) is 105 cm³/mol. The summed E-state index contributed by atoms with van der Waals surface area (Å²) < 4.78 is 26.7. The number of halogens is 1. The number of sulfone groups is 1. The van der Waals surface area contributed by atoms with E-state index in [2.05, 4.69) is 10.3 Å². The predicted octanol–water partition coefficient (Wildman–Crippen LogP) is 5.40. The second kappa shape index (κ2) is 6.52. The minimum Gasteiger partial charge on any atom is -0.341 e. The smallest absolute Gasteiger partial charge is 0.210 e. The number of nitrogens with one attached hydrogen (secondary N) is 2. The summed E-state index contributed by atoms with van der Waals surface area (Å²) >= 11 is 6.13. The van der Waals surface area contributed by atoms with E-state index >= 15 is 0 Å². The molecular weight excluding hydrogens is 368 g/mol. The molecule has 0 saturated carbocycles. The highest BCUT2D eigenvalue weighted by Crippen LogP contribution is 2.37. The maximum absolute atomic E-state index is 13.3. The number of H-pyrrole nitrogens is 1. The Morgan fingerprint density at radius 2 is 1.50 bits per heavy atom. The standard InChI is InChI=1S/C20H15ClN2O2S/c21-14-11-12-18-17(13-14)19(26(24,25)16-9-5-2-6-10-16)20(23-18)22-15-7-3-1-4-8-15/h1-13,22-23H. The van der Waals surface area contributed by atoms with Crippen molar-refractivity contribution >= 4 is 43.8 Å². The van der Waals surface area contributed by atoms with Crippen molar-refractivity contribution in [2.45, 2.75) is 9.79 Å². The average molecular weight is 383 g/mol. The summed E-state index contributed by atoms with van der Waals surface area (Å²) in [7, 11) is -3.74. The minimum absolute atomic E-state index is 0.185. The molecule has 0 radical (unpaired) electrons. The van der Waals surface area contributed by atoms with Gasteiger partial charge in [-0.05, 0) is 42.5 Å². The summed E-state index contributed by atoms with van der Waals surface area (Å²) in [6, 6.07) is 23.0. The Labute approximate surface area is 156 Å². The van der Waals surface area contributed by atoms with Gasteiger partial charge in [0.1, 0.15) is 10.7 Å². The first-order valence-corrected chi connectivity index (χ1v) is 9.85. The zero-order valence-corrected chi connectivity index (χ0v) is 15.2. The van der Waals surface area contributed by atoms with Crippen LogP contribution in [0.15, 0.2) is 88.7 Å². The van der Waals surface area contributed by atoms with Gasteiger partial charge in [0.2, 0.25) is 9.84 Å². The number of aromatic nitrogens is 1. The summed E-state index contributed by atoms with van der Waals surface area (Å²) in [5, 5.41) is 4.21. The molecule has 0 unspecified atom stereocenters. The minimum atomic E-state index is -3.74. The van der Waals surface area contributed by atoms with Crippen LogP contribution >= 0.6 is 11.6 Å². The Bertz CT molecular complexity index is 1170. The number of anilines is 2. The van der Waals surface area contributed by atoms with E-state index in [9.17, 15) is 8.42 Å². The molecule has 0 amide bonds. The van der Waals surface area contributed by atoms with E-state index in [0.717, 1.165) is 5.69 Å². The van der Waals surface area contributed by atoms with Gasteiger partial charge in [-0.2, -0.15) is 0 Å². The van der Waals surface area contributed by atoms with Gasteiger partial charge in [0.15, 0.2) is 0 Å². The van der Waals surface area contributed by atoms with E-state index in [4.69, 9.17) is 11.6 Å². The lowest BCUT2D eigenvalue weighted by atomic mass is 10.2. The SMILES string of the molecule is O=S(=O)(c1ccccc1)c1c(Nc2ccccc2)[nH]c2ccc(Cl)cc12. The van der Waals surface area contributed by atoms with Crippen molar-refractivity contribution in [2.75, 3.05) is 5.32 Å². The molecule has 0 aliphatic rings. The summed E-state index contributed by atoms with van der Waals surface area (Å²) in [6.07, 6.45) is 0. The van der Waals surface area contributed by atoms with Gasteiger partial charge < -0.3 is 10.3 Å². The Morgan fingerprint density at radius 1 is 0.846 bits per heavy atom. The quantitative estimate of drug-likeness (QED) is 0.497. The van der Waals surface area contributed by atoms with Gasteiger partial charge in [-0.25, -0.2) is 8.42 Å². The number of aromatic amines is 1. The van der Waals surface area contributed by atoms with Crippen molar-refractivity contribution in [3.05, 3.63) is 83.9 Å². The zero-order valence-electron chi connectivity index (χ0n) is 13.6. The van der Waals surface area contributed by atoms with Gasteiger partial charge in [-0.15, -0.1) is 0 Å². The van der Waals surface area contributed by atoms with Crippen LogP contribution in [0.1, 0.15) is 0 Å². The van der Waals surface area contributed by atoms with Crippen LogP contribution in [0.2, 0.25) is 5.02 Å². The van der Waals surface area contributed by atoms with Crippen molar-refractivity contribution in [1.29, 1.82) is 0 Å². The van der Waals surface area contributed by atoms with E-state index in [1.54, 1.807) is 48.5 Å². The zero-order chi connectivity index (χ0) is 18.1. The highest BCUT2D eigenvalue weighted by Gasteiger charge is 2.26. The van der Waals surface area contributed by atoms with Crippen LogP contribution in [-0.2, 0) is 9.84 Å². The van der Waals surface area contributed by atoms with Gasteiger partial charge in [-0.1, -0.05) is 48.0 Å². The fourth-order valence-electron chi connectivity index (χ4n) is 2.89. The fourth-order valence-corrected chi connectivity index (χ4v) is 4.64. The molecule has 0 fully saturated rings. The van der Waals surface area contributed by atoms with Crippen molar-refractivity contribution < 1.29 is 8.42 Å². The lowest BCUT2D eigenvalue weighted by Gasteiger charge is -2.09. The Balaban J connectivity index is 1.97. The third-order valence-corrected chi connectivity index (χ3v) is 6.17. The van der Waals surface area contributed by atoms with Crippen LogP contribution in [-0.4, -0.2) is 13.4 Å². The number of benzene rings is 3. The number of para-hydroxylation sites is 1. The maximum atomic E-state index is 13.3. The Kier molecular flexibility index (Phi) is 4.18. The molecule has 0 saturated heterocycles. The first kappa shape index (κ1) is 16.7. The number of fused-ring (bicyclic) bond motifs is 1. The van der Waals surface area contributed by atoms with Crippen LogP contribution in [0.4, 0.5) is 11.5 Å². The molecule has 1 heterocycles. The number of rotatable bonds is 4. The van der Waals surface area contributed by atoms with Gasteiger partial charge in [0.25, 0.3) is 0 Å². The number of hydrogen-bond acceptors (Lipinski definition) is 3. The van der Waals surface area contributed by atoms with Gasteiger partial charge >= 0.3 is 0 Å². The largest absolute Gasteiger partial charge is 0.341 e. The summed E-state index contributed by atoms with van der Waals surface area (Å²) in [5.74, 6) is 0.414. The molecule has 0 aliphatic carbocycles. The molecule has 0 bridgehead atoms. The molecule has 130 valence electrons. The van der Waals surface area contributed by atoms with E-state index in [-0.39, 0.29) is 9.79 Å².